The maximum atomic E-state index is 13.3. The Balaban J connectivity index is 1.48. The second-order valence-electron chi connectivity index (χ2n) is 8.46. The van der Waals surface area contributed by atoms with Crippen LogP contribution < -0.4 is 4.74 Å². The molecule has 8 heteroatoms. The van der Waals surface area contributed by atoms with Gasteiger partial charge in [-0.05, 0) is 77.4 Å². The largest absolute Gasteiger partial charge is 0.493 e. The van der Waals surface area contributed by atoms with Gasteiger partial charge in [-0.25, -0.2) is 4.39 Å². The monoisotopic (exact) mass is 508 g/mol. The molecule has 0 aliphatic carbocycles. The Kier molecular flexibility index (Phi) is 8.18. The van der Waals surface area contributed by atoms with Crippen molar-refractivity contribution in [2.24, 2.45) is 0 Å². The van der Waals surface area contributed by atoms with Crippen molar-refractivity contribution >= 4 is 5.91 Å². The Morgan fingerprint density at radius 3 is 2.16 bits per heavy atom. The van der Waals surface area contributed by atoms with E-state index < -0.39 is 17.6 Å². The first-order chi connectivity index (χ1) is 17.8. The SMILES string of the molecule is O=C(c1ccc(C(F)(F)F)cc1)N(Cc1ccncc1)Cc1cccc(OCCc2ccc(F)cc2)c1. The van der Waals surface area contributed by atoms with Crippen molar-refractivity contribution in [3.8, 4) is 5.75 Å². The molecule has 4 aromatic rings. The number of pyridine rings is 1. The van der Waals surface area contributed by atoms with Crippen molar-refractivity contribution in [2.75, 3.05) is 6.61 Å². The van der Waals surface area contributed by atoms with Gasteiger partial charge < -0.3 is 9.64 Å². The van der Waals surface area contributed by atoms with Crippen LogP contribution in [0, 0.1) is 5.82 Å². The van der Waals surface area contributed by atoms with Gasteiger partial charge in [0.2, 0.25) is 0 Å². The van der Waals surface area contributed by atoms with Crippen molar-refractivity contribution in [1.29, 1.82) is 0 Å². The van der Waals surface area contributed by atoms with Crippen LogP contribution in [0.15, 0.2) is 97.3 Å². The molecule has 0 radical (unpaired) electrons. The van der Waals surface area contributed by atoms with Crippen LogP contribution >= 0.6 is 0 Å². The fraction of sp³-hybridized carbons (Fsp3) is 0.172. The topological polar surface area (TPSA) is 42.4 Å². The lowest BCUT2D eigenvalue weighted by atomic mass is 10.1. The smallest absolute Gasteiger partial charge is 0.416 e. The molecule has 1 heterocycles. The van der Waals surface area contributed by atoms with Gasteiger partial charge in [0.15, 0.2) is 0 Å². The number of benzene rings is 3. The average Bonchev–Trinajstić information content (AvgIpc) is 2.89. The second-order valence-corrected chi connectivity index (χ2v) is 8.46. The number of nitrogens with zero attached hydrogens (tertiary/aromatic N) is 2. The lowest BCUT2D eigenvalue weighted by molar-refractivity contribution is -0.137. The molecule has 1 amide bonds. The van der Waals surface area contributed by atoms with Gasteiger partial charge in [-0.15, -0.1) is 0 Å². The quantitative estimate of drug-likeness (QED) is 0.236. The molecule has 3 aromatic carbocycles. The highest BCUT2D eigenvalue weighted by molar-refractivity contribution is 5.94. The molecule has 190 valence electrons. The molecule has 4 rings (SSSR count). The first-order valence-electron chi connectivity index (χ1n) is 11.6. The highest BCUT2D eigenvalue weighted by atomic mass is 19.4. The van der Waals surface area contributed by atoms with E-state index in [1.165, 1.54) is 24.3 Å². The summed E-state index contributed by atoms with van der Waals surface area (Å²) in [5, 5.41) is 0. The second kappa shape index (κ2) is 11.7. The van der Waals surface area contributed by atoms with Crippen molar-refractivity contribution in [3.05, 3.63) is 131 Å². The average molecular weight is 509 g/mol. The molecular formula is C29H24F4N2O2. The Morgan fingerprint density at radius 1 is 0.811 bits per heavy atom. The standard InChI is InChI=1S/C29H24F4N2O2/c30-26-10-4-21(5-11-26)14-17-37-27-3-1-2-23(18-27)20-35(19-22-12-15-34-16-13-22)28(36)24-6-8-25(9-7-24)29(31,32)33/h1-13,15-16,18H,14,17,19-20H2. The number of halogens is 4. The Hall–Kier alpha value is -4.20. The summed E-state index contributed by atoms with van der Waals surface area (Å²) in [4.78, 5) is 18.9. The van der Waals surface area contributed by atoms with Crippen LogP contribution in [-0.2, 0) is 25.7 Å². The van der Waals surface area contributed by atoms with E-state index in [9.17, 15) is 22.4 Å². The summed E-state index contributed by atoms with van der Waals surface area (Å²) >= 11 is 0. The van der Waals surface area contributed by atoms with Crippen LogP contribution in [0.4, 0.5) is 17.6 Å². The number of aromatic nitrogens is 1. The number of hydrogen-bond donors (Lipinski definition) is 0. The zero-order valence-corrected chi connectivity index (χ0v) is 19.8. The third kappa shape index (κ3) is 7.39. The summed E-state index contributed by atoms with van der Waals surface area (Å²) in [5.41, 5.74) is 1.93. The molecule has 0 unspecified atom stereocenters. The summed E-state index contributed by atoms with van der Waals surface area (Å²) in [5.74, 6) is -0.0712. The molecular weight excluding hydrogens is 484 g/mol. The molecule has 0 atom stereocenters. The van der Waals surface area contributed by atoms with Gasteiger partial charge in [-0.2, -0.15) is 13.2 Å². The van der Waals surface area contributed by atoms with Crippen LogP contribution in [0.5, 0.6) is 5.75 Å². The van der Waals surface area contributed by atoms with Crippen molar-refractivity contribution in [2.45, 2.75) is 25.7 Å². The zero-order chi connectivity index (χ0) is 26.3. The lowest BCUT2D eigenvalue weighted by Crippen LogP contribution is -2.30. The summed E-state index contributed by atoms with van der Waals surface area (Å²) in [6, 6.07) is 21.3. The van der Waals surface area contributed by atoms with Crippen LogP contribution in [0.25, 0.3) is 0 Å². The van der Waals surface area contributed by atoms with Gasteiger partial charge in [-0.3, -0.25) is 9.78 Å². The minimum Gasteiger partial charge on any atom is -0.493 e. The van der Waals surface area contributed by atoms with E-state index in [2.05, 4.69) is 4.98 Å². The molecule has 1 aromatic heterocycles. The summed E-state index contributed by atoms with van der Waals surface area (Å²) in [6.45, 7) is 0.857. The van der Waals surface area contributed by atoms with Gasteiger partial charge in [0.05, 0.1) is 12.2 Å². The number of ether oxygens (including phenoxy) is 1. The van der Waals surface area contributed by atoms with Crippen molar-refractivity contribution in [1.82, 2.24) is 9.88 Å². The molecule has 0 fully saturated rings. The molecule has 0 saturated carbocycles. The zero-order valence-electron chi connectivity index (χ0n) is 19.8. The van der Waals surface area contributed by atoms with E-state index >= 15 is 0 Å². The number of rotatable bonds is 9. The first-order valence-corrected chi connectivity index (χ1v) is 11.6. The van der Waals surface area contributed by atoms with Crippen LogP contribution in [0.1, 0.15) is 32.6 Å². The molecule has 0 spiro atoms. The number of carbonyl (C=O) groups is 1. The van der Waals surface area contributed by atoms with Gasteiger partial charge in [-0.1, -0.05) is 24.3 Å². The first kappa shape index (κ1) is 25.9. The lowest BCUT2D eigenvalue weighted by Gasteiger charge is -2.24. The highest BCUT2D eigenvalue weighted by Crippen LogP contribution is 2.29. The van der Waals surface area contributed by atoms with Crippen LogP contribution in [0.2, 0.25) is 0 Å². The predicted octanol–water partition coefficient (Wildman–Crippen LogP) is 6.70. The van der Waals surface area contributed by atoms with Gasteiger partial charge in [0, 0.05) is 37.5 Å². The molecule has 0 saturated heterocycles. The van der Waals surface area contributed by atoms with E-state index in [-0.39, 0.29) is 24.5 Å². The number of carbonyl (C=O) groups excluding carboxylic acids is 1. The third-order valence-corrected chi connectivity index (χ3v) is 5.71. The van der Waals surface area contributed by atoms with E-state index in [4.69, 9.17) is 4.74 Å². The maximum absolute atomic E-state index is 13.3. The van der Waals surface area contributed by atoms with E-state index in [0.29, 0.717) is 18.8 Å². The normalized spacial score (nSPS) is 11.2. The summed E-state index contributed by atoms with van der Waals surface area (Å²) < 4.78 is 57.8. The molecule has 0 aliphatic heterocycles. The van der Waals surface area contributed by atoms with E-state index in [1.54, 1.807) is 47.6 Å². The molecule has 0 bridgehead atoms. The van der Waals surface area contributed by atoms with Gasteiger partial charge in [0.1, 0.15) is 11.6 Å². The maximum Gasteiger partial charge on any atom is 0.416 e. The fourth-order valence-electron chi connectivity index (χ4n) is 3.78. The number of hydrogen-bond acceptors (Lipinski definition) is 3. The van der Waals surface area contributed by atoms with Gasteiger partial charge >= 0.3 is 6.18 Å². The Morgan fingerprint density at radius 2 is 1.49 bits per heavy atom. The van der Waals surface area contributed by atoms with Crippen LogP contribution in [-0.4, -0.2) is 22.4 Å². The van der Waals surface area contributed by atoms with Crippen molar-refractivity contribution in [3.63, 3.8) is 0 Å². The molecule has 0 N–H and O–H groups in total. The Bertz CT molecular complexity index is 1310. The van der Waals surface area contributed by atoms with E-state index in [0.717, 1.165) is 28.8 Å². The van der Waals surface area contributed by atoms with Crippen molar-refractivity contribution < 1.29 is 27.1 Å². The number of alkyl halides is 3. The molecule has 4 nitrogen and oxygen atoms in total. The number of amides is 1. The van der Waals surface area contributed by atoms with E-state index in [1.807, 2.05) is 18.2 Å². The third-order valence-electron chi connectivity index (χ3n) is 5.71. The van der Waals surface area contributed by atoms with Gasteiger partial charge in [0.25, 0.3) is 5.91 Å². The van der Waals surface area contributed by atoms with Crippen LogP contribution in [0.3, 0.4) is 0 Å². The predicted molar refractivity (Wildman–Crippen MR) is 131 cm³/mol. The fourth-order valence-corrected chi connectivity index (χ4v) is 3.78. The minimum atomic E-state index is -4.48. The summed E-state index contributed by atoms with van der Waals surface area (Å²) in [6.07, 6.45) is -0.641. The highest BCUT2D eigenvalue weighted by Gasteiger charge is 2.30. The minimum absolute atomic E-state index is 0.161. The molecule has 0 aliphatic rings. The summed E-state index contributed by atoms with van der Waals surface area (Å²) in [7, 11) is 0. The molecule has 37 heavy (non-hydrogen) atoms. The Labute approximate surface area is 212 Å².